The van der Waals surface area contributed by atoms with E-state index in [0.717, 1.165) is 53.6 Å². The molecule has 0 aliphatic carbocycles. The minimum Gasteiger partial charge on any atom is -0.428 e. The van der Waals surface area contributed by atoms with Gasteiger partial charge in [0.05, 0.1) is 17.6 Å². The Morgan fingerprint density at radius 1 is 0.884 bits per heavy atom. The summed E-state index contributed by atoms with van der Waals surface area (Å²) in [5, 5.41) is 3.04. The fraction of sp³-hybridized carbons (Fsp3) is 0.357. The summed E-state index contributed by atoms with van der Waals surface area (Å²) < 4.78 is 135. The van der Waals surface area contributed by atoms with E-state index in [2.05, 4.69) is 15.0 Å². The number of halogens is 10. The number of rotatable bonds is 8. The number of carbonyl (C=O) groups excluding carboxylic acids is 1. The average Bonchev–Trinajstić information content (AvgIpc) is 3.22. The predicted octanol–water partition coefficient (Wildman–Crippen LogP) is 7.73. The highest BCUT2D eigenvalue weighted by Crippen LogP contribution is 2.41. The Morgan fingerprint density at radius 3 is 2.05 bits per heavy atom. The van der Waals surface area contributed by atoms with Gasteiger partial charge in [-0.3, -0.25) is 15.1 Å². The van der Waals surface area contributed by atoms with E-state index in [0.29, 0.717) is 0 Å². The van der Waals surface area contributed by atoms with Crippen LogP contribution in [0, 0.1) is 0 Å². The molecule has 4 rings (SSSR count). The molecule has 15 heteroatoms. The summed E-state index contributed by atoms with van der Waals surface area (Å²) >= 11 is 0. The van der Waals surface area contributed by atoms with Crippen LogP contribution in [-0.4, -0.2) is 29.5 Å². The second kappa shape index (κ2) is 11.3. The third-order valence-electron chi connectivity index (χ3n) is 6.84. The highest BCUT2D eigenvalue weighted by molar-refractivity contribution is 6.00. The van der Waals surface area contributed by atoms with Gasteiger partial charge in [0.15, 0.2) is 0 Å². The monoisotopic (exact) mass is 623 g/mol. The molecule has 5 nitrogen and oxygen atoms in total. The topological polar surface area (TPSA) is 54.5 Å². The highest BCUT2D eigenvalue weighted by Gasteiger charge is 2.46. The van der Waals surface area contributed by atoms with Crippen molar-refractivity contribution in [2.24, 2.45) is 0 Å². The number of ether oxygens (including phenoxy) is 1. The third kappa shape index (κ3) is 7.03. The molecule has 3 aromatic rings. The van der Waals surface area contributed by atoms with Gasteiger partial charge >= 0.3 is 24.9 Å². The molecule has 0 spiro atoms. The van der Waals surface area contributed by atoms with Crippen molar-refractivity contribution in [3.63, 3.8) is 0 Å². The van der Waals surface area contributed by atoms with E-state index >= 15 is 0 Å². The molecule has 0 bridgehead atoms. The molecule has 1 aliphatic rings. The minimum absolute atomic E-state index is 0.0190. The summed E-state index contributed by atoms with van der Waals surface area (Å²) in [5.41, 5.74) is -2.82. The molecule has 1 N–H and O–H groups in total. The van der Waals surface area contributed by atoms with Crippen molar-refractivity contribution in [2.75, 3.05) is 4.90 Å². The Labute approximate surface area is 238 Å². The van der Waals surface area contributed by atoms with Crippen molar-refractivity contribution in [2.45, 2.75) is 62.8 Å². The van der Waals surface area contributed by atoms with E-state index in [1.807, 2.05) is 0 Å². The van der Waals surface area contributed by atoms with Gasteiger partial charge in [0.2, 0.25) is 5.91 Å². The molecule has 1 aliphatic heterocycles. The zero-order chi connectivity index (χ0) is 32.0. The maximum Gasteiger partial charge on any atom is 0.461 e. The second-order valence-corrected chi connectivity index (χ2v) is 10.3. The first-order chi connectivity index (χ1) is 19.8. The zero-order valence-electron chi connectivity index (χ0n) is 22.3. The standard InChI is InChI=1S/C28H23F10N3O2/c1-25(2,17-8-11-22(39-14-17)27(34,35)36)40-20-13-21(15-4-3-5-19(12-15)43-28(37,38)24(29)30)41(23(20)42)18-9-6-16(7-10-18)26(31,32)33/h3-12,14,20-21,24,40H,13H2,1-2H3/t20-,21-/m1/s1. The van der Waals surface area contributed by atoms with Gasteiger partial charge in [0, 0.05) is 17.4 Å². The number of hydrogen-bond donors (Lipinski definition) is 1. The lowest BCUT2D eigenvalue weighted by molar-refractivity contribution is -0.253. The summed E-state index contributed by atoms with van der Waals surface area (Å²) in [6, 6.07) is 8.11. The van der Waals surface area contributed by atoms with E-state index in [9.17, 15) is 48.7 Å². The van der Waals surface area contributed by atoms with Gasteiger partial charge in [-0.2, -0.15) is 43.9 Å². The molecule has 43 heavy (non-hydrogen) atoms. The van der Waals surface area contributed by atoms with Crippen molar-refractivity contribution in [1.82, 2.24) is 10.3 Å². The Hall–Kier alpha value is -3.88. The number of benzene rings is 2. The Kier molecular flexibility index (Phi) is 8.43. The van der Waals surface area contributed by atoms with Crippen LogP contribution >= 0.6 is 0 Å². The molecule has 0 radical (unpaired) electrons. The lowest BCUT2D eigenvalue weighted by atomic mass is 9.93. The normalized spacial score (nSPS) is 18.4. The van der Waals surface area contributed by atoms with Crippen LogP contribution in [0.25, 0.3) is 0 Å². The van der Waals surface area contributed by atoms with Gasteiger partial charge in [-0.15, -0.1) is 0 Å². The van der Waals surface area contributed by atoms with Gasteiger partial charge in [0.1, 0.15) is 11.4 Å². The second-order valence-electron chi connectivity index (χ2n) is 10.3. The van der Waals surface area contributed by atoms with Gasteiger partial charge in [-0.1, -0.05) is 18.2 Å². The lowest BCUT2D eigenvalue weighted by Gasteiger charge is -2.30. The van der Waals surface area contributed by atoms with Crippen LogP contribution in [0.4, 0.5) is 49.6 Å². The number of alkyl halides is 10. The molecular formula is C28H23F10N3O2. The summed E-state index contributed by atoms with van der Waals surface area (Å²) in [7, 11) is 0. The van der Waals surface area contributed by atoms with Crippen LogP contribution in [0.1, 0.15) is 48.7 Å². The highest BCUT2D eigenvalue weighted by atomic mass is 19.4. The predicted molar refractivity (Wildman–Crippen MR) is 133 cm³/mol. The SMILES string of the molecule is CC(C)(N[C@@H]1C[C@H](c2cccc(OC(F)(F)C(F)F)c2)N(c2ccc(C(F)(F)F)cc2)C1=O)c1ccc(C(F)(F)F)nc1. The maximum absolute atomic E-state index is 13.7. The molecule has 2 aromatic carbocycles. The number of carbonyl (C=O) groups is 1. The first kappa shape index (κ1) is 32.0. The molecule has 1 aromatic heterocycles. The number of nitrogens with zero attached hydrogens (tertiary/aromatic N) is 2. The number of amides is 1. The van der Waals surface area contributed by atoms with Gasteiger partial charge in [0.25, 0.3) is 0 Å². The Morgan fingerprint density at radius 2 is 1.51 bits per heavy atom. The Balaban J connectivity index is 1.69. The van der Waals surface area contributed by atoms with Gasteiger partial charge < -0.3 is 9.64 Å². The Bertz CT molecular complexity index is 1440. The molecule has 2 atom stereocenters. The quantitative estimate of drug-likeness (QED) is 0.261. The van der Waals surface area contributed by atoms with Crippen molar-refractivity contribution in [3.05, 3.63) is 89.2 Å². The van der Waals surface area contributed by atoms with Gasteiger partial charge in [-0.25, -0.2) is 0 Å². The number of hydrogen-bond acceptors (Lipinski definition) is 4. The van der Waals surface area contributed by atoms with Gasteiger partial charge in [-0.05, 0) is 73.9 Å². The molecule has 232 valence electrons. The molecular weight excluding hydrogens is 600 g/mol. The first-order valence-electron chi connectivity index (χ1n) is 12.6. The van der Waals surface area contributed by atoms with E-state index < -0.39 is 65.4 Å². The third-order valence-corrected chi connectivity index (χ3v) is 6.84. The summed E-state index contributed by atoms with van der Waals surface area (Å²) in [5.74, 6) is -1.29. The van der Waals surface area contributed by atoms with Crippen molar-refractivity contribution >= 4 is 11.6 Å². The maximum atomic E-state index is 13.7. The van der Waals surface area contributed by atoms with Crippen LogP contribution in [-0.2, 0) is 22.7 Å². The largest absolute Gasteiger partial charge is 0.461 e. The molecule has 1 fully saturated rings. The zero-order valence-corrected chi connectivity index (χ0v) is 22.3. The molecule has 2 heterocycles. The number of aromatic nitrogens is 1. The van der Waals surface area contributed by atoms with E-state index in [1.54, 1.807) is 13.8 Å². The van der Waals surface area contributed by atoms with Crippen LogP contribution in [0.3, 0.4) is 0 Å². The summed E-state index contributed by atoms with van der Waals surface area (Å²) in [6.45, 7) is 3.14. The summed E-state index contributed by atoms with van der Waals surface area (Å²) in [4.78, 5) is 18.3. The fourth-order valence-corrected chi connectivity index (χ4v) is 4.71. The van der Waals surface area contributed by atoms with Crippen LogP contribution in [0.15, 0.2) is 66.9 Å². The number of anilines is 1. The summed E-state index contributed by atoms with van der Waals surface area (Å²) in [6.07, 6.45) is -17.4. The van der Waals surface area contributed by atoms with Crippen LogP contribution in [0.2, 0.25) is 0 Å². The average molecular weight is 623 g/mol. The van der Waals surface area contributed by atoms with Crippen LogP contribution in [0.5, 0.6) is 5.75 Å². The molecule has 0 unspecified atom stereocenters. The first-order valence-corrected chi connectivity index (χ1v) is 12.6. The molecule has 0 saturated carbocycles. The number of nitrogens with one attached hydrogen (secondary N) is 1. The molecule has 1 amide bonds. The smallest absolute Gasteiger partial charge is 0.428 e. The lowest BCUT2D eigenvalue weighted by Crippen LogP contribution is -2.47. The number of pyridine rings is 1. The fourth-order valence-electron chi connectivity index (χ4n) is 4.71. The van der Waals surface area contributed by atoms with E-state index in [-0.39, 0.29) is 23.2 Å². The molecule has 1 saturated heterocycles. The van der Waals surface area contributed by atoms with E-state index in [4.69, 9.17) is 0 Å². The van der Waals surface area contributed by atoms with Crippen molar-refractivity contribution < 1.29 is 53.4 Å². The van der Waals surface area contributed by atoms with E-state index in [1.165, 1.54) is 18.2 Å². The minimum atomic E-state index is -4.82. The van der Waals surface area contributed by atoms with Crippen molar-refractivity contribution in [3.8, 4) is 5.75 Å². The van der Waals surface area contributed by atoms with Crippen LogP contribution < -0.4 is 15.0 Å². The van der Waals surface area contributed by atoms with Crippen molar-refractivity contribution in [1.29, 1.82) is 0 Å².